The molecule has 18 heavy (non-hydrogen) atoms. The van der Waals surface area contributed by atoms with Gasteiger partial charge in [0.15, 0.2) is 0 Å². The minimum absolute atomic E-state index is 0.283. The predicted octanol–water partition coefficient (Wildman–Crippen LogP) is 3.51. The third-order valence-corrected chi connectivity index (χ3v) is 3.62. The van der Waals surface area contributed by atoms with E-state index in [0.717, 1.165) is 32.3 Å². The molecule has 0 bridgehead atoms. The Labute approximate surface area is 107 Å². The summed E-state index contributed by atoms with van der Waals surface area (Å²) < 4.78 is 43.4. The monoisotopic (exact) mass is 267 g/mol. The Morgan fingerprint density at radius 2 is 1.83 bits per heavy atom. The summed E-state index contributed by atoms with van der Waals surface area (Å²) in [7, 11) is 1.66. The molecule has 1 fully saturated rings. The van der Waals surface area contributed by atoms with Crippen LogP contribution < -0.4 is 5.32 Å². The largest absolute Gasteiger partial charge is 0.393 e. The molecule has 0 aromatic rings. The molecule has 1 aliphatic carbocycles. The molecule has 2 unspecified atom stereocenters. The van der Waals surface area contributed by atoms with E-state index >= 15 is 0 Å². The van der Waals surface area contributed by atoms with Crippen molar-refractivity contribution in [2.24, 2.45) is 5.92 Å². The summed E-state index contributed by atoms with van der Waals surface area (Å²) >= 11 is 0. The number of hydrogen-bond acceptors (Lipinski definition) is 2. The maximum Gasteiger partial charge on any atom is 0.393 e. The summed E-state index contributed by atoms with van der Waals surface area (Å²) in [6, 6.07) is -0.374. The SMILES string of the molecule is COCCCCCNC1CCCCC1C(F)(F)F. The van der Waals surface area contributed by atoms with Crippen molar-refractivity contribution >= 4 is 0 Å². The summed E-state index contributed by atoms with van der Waals surface area (Å²) in [5.41, 5.74) is 0. The van der Waals surface area contributed by atoms with Gasteiger partial charge < -0.3 is 10.1 Å². The van der Waals surface area contributed by atoms with Crippen molar-refractivity contribution in [3.8, 4) is 0 Å². The summed E-state index contributed by atoms with van der Waals surface area (Å²) in [5.74, 6) is -1.15. The smallest absolute Gasteiger partial charge is 0.385 e. The normalized spacial score (nSPS) is 25.3. The number of nitrogens with one attached hydrogen (secondary N) is 1. The van der Waals surface area contributed by atoms with Crippen LogP contribution in [0.15, 0.2) is 0 Å². The van der Waals surface area contributed by atoms with Crippen molar-refractivity contribution < 1.29 is 17.9 Å². The number of methoxy groups -OCH3 is 1. The Balaban J connectivity index is 2.21. The van der Waals surface area contributed by atoms with Crippen LogP contribution in [-0.4, -0.2) is 32.5 Å². The Morgan fingerprint density at radius 1 is 1.11 bits per heavy atom. The van der Waals surface area contributed by atoms with Crippen LogP contribution in [0, 0.1) is 5.92 Å². The van der Waals surface area contributed by atoms with Crippen molar-refractivity contribution in [3.05, 3.63) is 0 Å². The Kier molecular flexibility index (Phi) is 7.00. The molecule has 0 radical (unpaired) electrons. The fourth-order valence-electron chi connectivity index (χ4n) is 2.60. The summed E-state index contributed by atoms with van der Waals surface area (Å²) in [6.07, 6.45) is 1.41. The minimum Gasteiger partial charge on any atom is -0.385 e. The highest BCUT2D eigenvalue weighted by Gasteiger charge is 2.45. The Bertz CT molecular complexity index is 221. The van der Waals surface area contributed by atoms with E-state index in [4.69, 9.17) is 4.74 Å². The van der Waals surface area contributed by atoms with Gasteiger partial charge in [0.1, 0.15) is 0 Å². The molecule has 0 spiro atoms. The van der Waals surface area contributed by atoms with E-state index in [2.05, 4.69) is 5.32 Å². The third kappa shape index (κ3) is 5.57. The molecular formula is C13H24F3NO. The third-order valence-electron chi connectivity index (χ3n) is 3.62. The molecule has 1 rings (SSSR count). The van der Waals surface area contributed by atoms with E-state index in [1.54, 1.807) is 7.11 Å². The molecule has 2 atom stereocenters. The van der Waals surface area contributed by atoms with Crippen LogP contribution >= 0.6 is 0 Å². The van der Waals surface area contributed by atoms with Gasteiger partial charge in [-0.05, 0) is 38.6 Å². The van der Waals surface area contributed by atoms with E-state index < -0.39 is 12.1 Å². The molecular weight excluding hydrogens is 243 g/mol. The predicted molar refractivity (Wildman–Crippen MR) is 65.5 cm³/mol. The topological polar surface area (TPSA) is 21.3 Å². The van der Waals surface area contributed by atoms with Crippen molar-refractivity contribution in [1.29, 1.82) is 0 Å². The molecule has 0 aromatic heterocycles. The average molecular weight is 267 g/mol. The zero-order chi connectivity index (χ0) is 13.4. The standard InChI is InChI=1S/C13H24F3NO/c1-18-10-6-2-5-9-17-12-8-4-3-7-11(12)13(14,15)16/h11-12,17H,2-10H2,1H3. The molecule has 0 saturated heterocycles. The highest BCUT2D eigenvalue weighted by atomic mass is 19.4. The number of unbranched alkanes of at least 4 members (excludes halogenated alkanes) is 2. The highest BCUT2D eigenvalue weighted by Crippen LogP contribution is 2.37. The second kappa shape index (κ2) is 8.00. The number of rotatable bonds is 7. The molecule has 1 aliphatic rings. The van der Waals surface area contributed by atoms with Crippen LogP contribution in [-0.2, 0) is 4.74 Å². The van der Waals surface area contributed by atoms with Gasteiger partial charge in [-0.25, -0.2) is 0 Å². The van der Waals surface area contributed by atoms with E-state index in [1.165, 1.54) is 0 Å². The fourth-order valence-corrected chi connectivity index (χ4v) is 2.60. The Morgan fingerprint density at radius 3 is 2.50 bits per heavy atom. The Hall–Kier alpha value is -0.290. The first-order chi connectivity index (χ1) is 8.55. The van der Waals surface area contributed by atoms with E-state index in [0.29, 0.717) is 19.4 Å². The maximum absolute atomic E-state index is 12.8. The average Bonchev–Trinajstić information content (AvgIpc) is 2.33. The zero-order valence-electron chi connectivity index (χ0n) is 11.1. The molecule has 1 saturated carbocycles. The van der Waals surface area contributed by atoms with Crippen molar-refractivity contribution in [2.45, 2.75) is 57.2 Å². The van der Waals surface area contributed by atoms with Gasteiger partial charge in [-0.1, -0.05) is 12.8 Å². The highest BCUT2D eigenvalue weighted by molar-refractivity contribution is 4.85. The van der Waals surface area contributed by atoms with Crippen LogP contribution in [0.2, 0.25) is 0 Å². The number of alkyl halides is 3. The number of halogens is 3. The first-order valence-electron chi connectivity index (χ1n) is 6.84. The van der Waals surface area contributed by atoms with Gasteiger partial charge in [0.25, 0.3) is 0 Å². The maximum atomic E-state index is 12.8. The van der Waals surface area contributed by atoms with Gasteiger partial charge in [0.2, 0.25) is 0 Å². The summed E-state index contributed by atoms with van der Waals surface area (Å²) in [5, 5.41) is 3.09. The number of ether oxygens (including phenoxy) is 1. The molecule has 5 heteroatoms. The van der Waals surface area contributed by atoms with Gasteiger partial charge in [0, 0.05) is 19.8 Å². The lowest BCUT2D eigenvalue weighted by Crippen LogP contribution is -2.45. The van der Waals surface area contributed by atoms with Crippen LogP contribution in [0.3, 0.4) is 0 Å². The van der Waals surface area contributed by atoms with Crippen LogP contribution in [0.4, 0.5) is 13.2 Å². The lowest BCUT2D eigenvalue weighted by atomic mass is 9.84. The van der Waals surface area contributed by atoms with Gasteiger partial charge in [-0.3, -0.25) is 0 Å². The van der Waals surface area contributed by atoms with Gasteiger partial charge >= 0.3 is 6.18 Å². The molecule has 1 N–H and O–H groups in total. The lowest BCUT2D eigenvalue weighted by molar-refractivity contribution is -0.188. The minimum atomic E-state index is -4.05. The van der Waals surface area contributed by atoms with Crippen molar-refractivity contribution in [1.82, 2.24) is 5.32 Å². The molecule has 2 nitrogen and oxygen atoms in total. The van der Waals surface area contributed by atoms with Crippen molar-refractivity contribution in [2.75, 3.05) is 20.3 Å². The first kappa shape index (κ1) is 15.8. The van der Waals surface area contributed by atoms with Crippen LogP contribution in [0.5, 0.6) is 0 Å². The first-order valence-corrected chi connectivity index (χ1v) is 6.84. The molecule has 0 amide bonds. The molecule has 0 aliphatic heterocycles. The molecule has 0 aromatic carbocycles. The van der Waals surface area contributed by atoms with E-state index in [-0.39, 0.29) is 12.5 Å². The quantitative estimate of drug-likeness (QED) is 0.713. The second-order valence-corrected chi connectivity index (χ2v) is 5.05. The van der Waals surface area contributed by atoms with Crippen LogP contribution in [0.25, 0.3) is 0 Å². The fraction of sp³-hybridized carbons (Fsp3) is 1.00. The zero-order valence-corrected chi connectivity index (χ0v) is 11.1. The summed E-state index contributed by atoms with van der Waals surface area (Å²) in [4.78, 5) is 0. The summed E-state index contributed by atoms with van der Waals surface area (Å²) in [6.45, 7) is 1.41. The van der Waals surface area contributed by atoms with Gasteiger partial charge in [-0.15, -0.1) is 0 Å². The second-order valence-electron chi connectivity index (χ2n) is 5.05. The number of hydrogen-bond donors (Lipinski definition) is 1. The van der Waals surface area contributed by atoms with Gasteiger partial charge in [0.05, 0.1) is 5.92 Å². The van der Waals surface area contributed by atoms with Crippen LogP contribution in [0.1, 0.15) is 44.9 Å². The molecule has 0 heterocycles. The van der Waals surface area contributed by atoms with E-state index in [9.17, 15) is 13.2 Å². The van der Waals surface area contributed by atoms with E-state index in [1.807, 2.05) is 0 Å². The van der Waals surface area contributed by atoms with Gasteiger partial charge in [-0.2, -0.15) is 13.2 Å². The molecule has 108 valence electrons. The lowest BCUT2D eigenvalue weighted by Gasteiger charge is -2.33. The van der Waals surface area contributed by atoms with Crippen molar-refractivity contribution in [3.63, 3.8) is 0 Å².